The molecule has 0 saturated heterocycles. The number of nitro groups is 1. The molecule has 0 aliphatic carbocycles. The molecule has 0 atom stereocenters. The number of nitrogens with zero attached hydrogens (tertiary/aromatic N) is 3. The van der Waals surface area contributed by atoms with Crippen molar-refractivity contribution in [2.45, 2.75) is 6.54 Å². The van der Waals surface area contributed by atoms with E-state index < -0.39 is 15.0 Å². The summed E-state index contributed by atoms with van der Waals surface area (Å²) in [6, 6.07) is 1.22. The lowest BCUT2D eigenvalue weighted by molar-refractivity contribution is -0.389. The van der Waals surface area contributed by atoms with E-state index in [4.69, 9.17) is 0 Å². The molecule has 1 rings (SSSR count). The van der Waals surface area contributed by atoms with Crippen molar-refractivity contribution in [1.82, 2.24) is 9.78 Å². The van der Waals surface area contributed by atoms with E-state index >= 15 is 0 Å². The summed E-state index contributed by atoms with van der Waals surface area (Å²) in [5.74, 6) is -0.283. The van der Waals surface area contributed by atoms with Gasteiger partial charge in [-0.05, 0) is 4.92 Å². The molecule has 0 N–H and O–H groups in total. The molecule has 0 fully saturated rings. The zero-order chi connectivity index (χ0) is 11.5. The van der Waals surface area contributed by atoms with Crippen molar-refractivity contribution in [3.63, 3.8) is 0 Å². The third-order valence-electron chi connectivity index (χ3n) is 1.43. The molecule has 0 aliphatic rings. The summed E-state index contributed by atoms with van der Waals surface area (Å²) in [4.78, 5) is 9.62. The number of aromatic nitrogens is 2. The standard InChI is InChI=1S/C6H9N3O5S/c1-15(12,13)14-5-4-8-3-2-6(7-8)9(10)11/h2-3H,4-5H2,1H3. The minimum absolute atomic E-state index is 0.0995. The van der Waals surface area contributed by atoms with Crippen LogP contribution >= 0.6 is 0 Å². The molecule has 15 heavy (non-hydrogen) atoms. The highest BCUT2D eigenvalue weighted by molar-refractivity contribution is 7.85. The van der Waals surface area contributed by atoms with Crippen molar-refractivity contribution < 1.29 is 17.5 Å². The Morgan fingerprint density at radius 1 is 1.67 bits per heavy atom. The number of rotatable bonds is 5. The molecule has 84 valence electrons. The van der Waals surface area contributed by atoms with Crippen molar-refractivity contribution in [3.05, 3.63) is 22.4 Å². The molecule has 0 saturated carbocycles. The van der Waals surface area contributed by atoms with Crippen molar-refractivity contribution in [2.24, 2.45) is 0 Å². The third kappa shape index (κ3) is 4.04. The van der Waals surface area contributed by atoms with Gasteiger partial charge in [0.25, 0.3) is 10.1 Å². The average molecular weight is 235 g/mol. The molecule has 0 radical (unpaired) electrons. The lowest BCUT2D eigenvalue weighted by Gasteiger charge is -1.98. The Morgan fingerprint density at radius 2 is 2.33 bits per heavy atom. The molecule has 0 spiro atoms. The molecular formula is C6H9N3O5S. The summed E-state index contributed by atoms with van der Waals surface area (Å²) in [5.41, 5.74) is 0. The Morgan fingerprint density at radius 3 is 2.80 bits per heavy atom. The van der Waals surface area contributed by atoms with Gasteiger partial charge in [0.1, 0.15) is 0 Å². The molecular weight excluding hydrogens is 226 g/mol. The first-order valence-corrected chi connectivity index (χ1v) is 5.72. The van der Waals surface area contributed by atoms with Crippen LogP contribution in [0.25, 0.3) is 0 Å². The fourth-order valence-corrected chi connectivity index (χ4v) is 1.23. The normalized spacial score (nSPS) is 11.5. The molecule has 1 aromatic heterocycles. The Labute approximate surface area is 85.7 Å². The van der Waals surface area contributed by atoms with Gasteiger partial charge in [-0.1, -0.05) is 0 Å². The molecule has 0 unspecified atom stereocenters. The van der Waals surface area contributed by atoms with Crippen LogP contribution in [0.4, 0.5) is 5.82 Å². The van der Waals surface area contributed by atoms with Gasteiger partial charge in [0.2, 0.25) is 0 Å². The zero-order valence-electron chi connectivity index (χ0n) is 7.86. The molecule has 0 bridgehead atoms. The van der Waals surface area contributed by atoms with Crippen molar-refractivity contribution >= 4 is 15.9 Å². The van der Waals surface area contributed by atoms with Crippen LogP contribution < -0.4 is 0 Å². The molecule has 0 aliphatic heterocycles. The van der Waals surface area contributed by atoms with Gasteiger partial charge in [-0.25, -0.2) is 0 Å². The van der Waals surface area contributed by atoms with Crippen LogP contribution in [0.1, 0.15) is 0 Å². The second-order valence-electron chi connectivity index (χ2n) is 2.72. The lowest BCUT2D eigenvalue weighted by atomic mass is 10.6. The predicted molar refractivity (Wildman–Crippen MR) is 49.7 cm³/mol. The van der Waals surface area contributed by atoms with Crippen LogP contribution in [0.2, 0.25) is 0 Å². The molecule has 8 nitrogen and oxygen atoms in total. The second kappa shape index (κ2) is 4.36. The van der Waals surface area contributed by atoms with Crippen LogP contribution in [-0.4, -0.2) is 36.0 Å². The Hall–Kier alpha value is -1.48. The summed E-state index contributed by atoms with van der Waals surface area (Å²) in [6.45, 7) is 0.0403. The highest BCUT2D eigenvalue weighted by Gasteiger charge is 2.10. The third-order valence-corrected chi connectivity index (χ3v) is 2.03. The average Bonchev–Trinajstić information content (AvgIpc) is 2.50. The van der Waals surface area contributed by atoms with Gasteiger partial charge in [0, 0.05) is 0 Å². The van der Waals surface area contributed by atoms with Gasteiger partial charge >= 0.3 is 5.82 Å². The summed E-state index contributed by atoms with van der Waals surface area (Å²) in [7, 11) is -3.48. The highest BCUT2D eigenvalue weighted by Crippen LogP contribution is 2.04. The minimum Gasteiger partial charge on any atom is -0.358 e. The first-order valence-electron chi connectivity index (χ1n) is 3.91. The highest BCUT2D eigenvalue weighted by atomic mass is 32.2. The Kier molecular flexibility index (Phi) is 3.37. The number of hydrogen-bond donors (Lipinski definition) is 0. The smallest absolute Gasteiger partial charge is 0.358 e. The second-order valence-corrected chi connectivity index (χ2v) is 4.36. The first kappa shape index (κ1) is 11.6. The largest absolute Gasteiger partial charge is 0.389 e. The van der Waals surface area contributed by atoms with E-state index in [0.29, 0.717) is 0 Å². The molecule has 1 heterocycles. The summed E-state index contributed by atoms with van der Waals surface area (Å²) < 4.78 is 26.8. The molecule has 0 amide bonds. The van der Waals surface area contributed by atoms with Crippen molar-refractivity contribution in [2.75, 3.05) is 12.9 Å². The van der Waals surface area contributed by atoms with E-state index in [-0.39, 0.29) is 19.0 Å². The van der Waals surface area contributed by atoms with E-state index in [9.17, 15) is 18.5 Å². The molecule has 9 heteroatoms. The van der Waals surface area contributed by atoms with E-state index in [2.05, 4.69) is 9.28 Å². The van der Waals surface area contributed by atoms with Crippen LogP contribution in [0.15, 0.2) is 12.3 Å². The molecule has 1 aromatic rings. The van der Waals surface area contributed by atoms with Crippen molar-refractivity contribution in [3.8, 4) is 0 Å². The van der Waals surface area contributed by atoms with Gasteiger partial charge in [-0.2, -0.15) is 13.1 Å². The number of hydrogen-bond acceptors (Lipinski definition) is 6. The van der Waals surface area contributed by atoms with Crippen molar-refractivity contribution in [1.29, 1.82) is 0 Å². The van der Waals surface area contributed by atoms with Crippen LogP contribution in [0.3, 0.4) is 0 Å². The van der Waals surface area contributed by atoms with Gasteiger partial charge in [0.05, 0.1) is 36.8 Å². The SMILES string of the molecule is CS(=O)(=O)OCCn1ccc([N+](=O)[O-])n1. The maximum absolute atomic E-state index is 10.6. The van der Waals surface area contributed by atoms with Gasteiger partial charge in [0.15, 0.2) is 0 Å². The summed E-state index contributed by atoms with van der Waals surface area (Å²) in [6.07, 6.45) is 2.31. The maximum atomic E-state index is 10.6. The predicted octanol–water partition coefficient (Wildman–Crippen LogP) is -0.233. The minimum atomic E-state index is -3.48. The van der Waals surface area contributed by atoms with E-state index in [1.54, 1.807) is 0 Å². The van der Waals surface area contributed by atoms with Crippen LogP contribution in [-0.2, 0) is 20.8 Å². The van der Waals surface area contributed by atoms with Crippen LogP contribution in [0, 0.1) is 10.1 Å². The van der Waals surface area contributed by atoms with E-state index in [0.717, 1.165) is 6.26 Å². The van der Waals surface area contributed by atoms with Gasteiger partial charge < -0.3 is 10.1 Å². The fraction of sp³-hybridized carbons (Fsp3) is 0.500. The first-order chi connectivity index (χ1) is 6.88. The monoisotopic (exact) mass is 235 g/mol. The maximum Gasteiger partial charge on any atom is 0.389 e. The molecule has 0 aromatic carbocycles. The van der Waals surface area contributed by atoms with Gasteiger partial charge in [-0.15, -0.1) is 0 Å². The van der Waals surface area contributed by atoms with Crippen LogP contribution in [0.5, 0.6) is 0 Å². The zero-order valence-corrected chi connectivity index (χ0v) is 8.68. The van der Waals surface area contributed by atoms with E-state index in [1.165, 1.54) is 16.9 Å². The Bertz CT molecular complexity index is 451. The fourth-order valence-electron chi connectivity index (χ4n) is 0.855. The lowest BCUT2D eigenvalue weighted by Crippen LogP contribution is -2.10. The quantitative estimate of drug-likeness (QED) is 0.396. The summed E-state index contributed by atoms with van der Waals surface area (Å²) in [5, 5.41) is 13.8. The Balaban J connectivity index is 2.48. The van der Waals surface area contributed by atoms with E-state index in [1.807, 2.05) is 0 Å². The summed E-state index contributed by atoms with van der Waals surface area (Å²) >= 11 is 0. The van der Waals surface area contributed by atoms with Gasteiger partial charge in [-0.3, -0.25) is 4.18 Å². The topological polar surface area (TPSA) is 104 Å².